The molecule has 2 N–H and O–H groups in total. The van der Waals surface area contributed by atoms with Crippen molar-refractivity contribution in [2.75, 3.05) is 38.3 Å². The second-order valence-corrected chi connectivity index (χ2v) is 9.87. The van der Waals surface area contributed by atoms with Gasteiger partial charge in [-0.3, -0.25) is 14.8 Å². The second kappa shape index (κ2) is 7.29. The van der Waals surface area contributed by atoms with Gasteiger partial charge in [0.15, 0.2) is 11.5 Å². The first-order chi connectivity index (χ1) is 16.2. The Morgan fingerprint density at radius 1 is 1.35 bits per heavy atom. The zero-order valence-corrected chi connectivity index (χ0v) is 19.4. The number of H-pyrrole nitrogens is 2. The number of amides is 1. The highest BCUT2D eigenvalue weighted by Gasteiger charge is 2.78. The summed E-state index contributed by atoms with van der Waals surface area (Å²) < 4.78 is 33.9. The molecule has 4 heterocycles. The van der Waals surface area contributed by atoms with E-state index in [0.717, 1.165) is 24.3 Å². The van der Waals surface area contributed by atoms with E-state index in [0.29, 0.717) is 41.6 Å². The number of carbonyl (C=O) groups is 1. The van der Waals surface area contributed by atoms with Gasteiger partial charge in [0.05, 0.1) is 36.7 Å². The van der Waals surface area contributed by atoms with Crippen molar-refractivity contribution in [3.05, 3.63) is 23.5 Å². The number of aromatic nitrogens is 5. The maximum absolute atomic E-state index is 14.3. The standard InChI is InChI=1S/C23H27F2N7O2/c1-12(32-4-6-34-7-5-32)21(33)31(3)13-8-15-19(26-11-13)28-20(27-15)18-14-9-17-22(2,23(17,24)25)10-16(14)29-30-18/h8,11-12,17H,4-7,9-10H2,1-3H3,(H,29,30)(H,26,27,28)/t12-,17+,22-/m0/s1. The Morgan fingerprint density at radius 2 is 2.12 bits per heavy atom. The van der Waals surface area contributed by atoms with E-state index in [1.165, 1.54) is 0 Å². The van der Waals surface area contributed by atoms with Gasteiger partial charge in [-0.2, -0.15) is 5.10 Å². The molecule has 1 saturated carbocycles. The molecule has 1 amide bonds. The van der Waals surface area contributed by atoms with Crippen molar-refractivity contribution >= 4 is 22.8 Å². The molecular formula is C23H27F2N7O2. The largest absolute Gasteiger partial charge is 0.379 e. The van der Waals surface area contributed by atoms with E-state index < -0.39 is 17.3 Å². The Bertz CT molecular complexity index is 1280. The number of hydrogen-bond acceptors (Lipinski definition) is 6. The van der Waals surface area contributed by atoms with Crippen LogP contribution in [0.3, 0.4) is 0 Å². The first kappa shape index (κ1) is 21.6. The number of carbonyl (C=O) groups excluding carboxylic acids is 1. The summed E-state index contributed by atoms with van der Waals surface area (Å²) in [4.78, 5) is 29.0. The molecule has 9 nitrogen and oxygen atoms in total. The summed E-state index contributed by atoms with van der Waals surface area (Å²) in [5.74, 6) is -2.85. The molecule has 2 aliphatic carbocycles. The number of nitrogens with one attached hydrogen (secondary N) is 2. The zero-order chi connectivity index (χ0) is 23.8. The maximum Gasteiger partial charge on any atom is 0.258 e. The molecule has 3 aliphatic rings. The fraction of sp³-hybridized carbons (Fsp3) is 0.565. The summed E-state index contributed by atoms with van der Waals surface area (Å²) in [5.41, 5.74) is 2.90. The Balaban J connectivity index is 1.26. The predicted octanol–water partition coefficient (Wildman–Crippen LogP) is 2.40. The number of ether oxygens (including phenoxy) is 1. The topological polar surface area (TPSA) is 103 Å². The minimum Gasteiger partial charge on any atom is -0.379 e. The fourth-order valence-electron chi connectivity index (χ4n) is 5.52. The number of likely N-dealkylation sites (N-methyl/N-ethyl adjacent to an activating group) is 1. The summed E-state index contributed by atoms with van der Waals surface area (Å²) in [6.45, 7) is 6.25. The number of fused-ring (bicyclic) bond motifs is 3. The molecule has 0 aromatic carbocycles. The first-order valence-corrected chi connectivity index (χ1v) is 11.6. The van der Waals surface area contributed by atoms with E-state index in [1.807, 2.05) is 13.0 Å². The minimum absolute atomic E-state index is 0.0300. The number of pyridine rings is 1. The SMILES string of the molecule is C[C@@H](C(=O)N(C)c1cnc2nc(-c3n[nH]c4c3C[C@H]3C(F)(F)[C@@]3(C)C4)[nH]c2c1)N1CCOCC1. The van der Waals surface area contributed by atoms with Gasteiger partial charge in [-0.05, 0) is 19.4 Å². The van der Waals surface area contributed by atoms with Gasteiger partial charge in [-0.25, -0.2) is 18.7 Å². The molecule has 11 heteroatoms. The van der Waals surface area contributed by atoms with Crippen LogP contribution < -0.4 is 4.90 Å². The monoisotopic (exact) mass is 471 g/mol. The van der Waals surface area contributed by atoms with Gasteiger partial charge >= 0.3 is 0 Å². The van der Waals surface area contributed by atoms with Gasteiger partial charge in [0, 0.05) is 49.1 Å². The zero-order valence-electron chi connectivity index (χ0n) is 19.4. The van der Waals surface area contributed by atoms with Crippen molar-refractivity contribution in [1.82, 2.24) is 30.0 Å². The highest BCUT2D eigenvalue weighted by atomic mass is 19.3. The van der Waals surface area contributed by atoms with Gasteiger partial charge in [-0.1, -0.05) is 6.92 Å². The highest BCUT2D eigenvalue weighted by molar-refractivity contribution is 5.97. The molecule has 1 aliphatic heterocycles. The van der Waals surface area contributed by atoms with Crippen LogP contribution in [0.4, 0.5) is 14.5 Å². The Kier molecular flexibility index (Phi) is 4.63. The number of rotatable bonds is 4. The molecule has 0 bridgehead atoms. The van der Waals surface area contributed by atoms with E-state index >= 15 is 0 Å². The van der Waals surface area contributed by atoms with Crippen LogP contribution in [-0.4, -0.2) is 81.3 Å². The lowest BCUT2D eigenvalue weighted by Gasteiger charge is -2.33. The van der Waals surface area contributed by atoms with Crippen molar-refractivity contribution in [2.24, 2.45) is 11.3 Å². The Labute approximate surface area is 194 Å². The van der Waals surface area contributed by atoms with E-state index in [2.05, 4.69) is 30.0 Å². The summed E-state index contributed by atoms with van der Waals surface area (Å²) in [7, 11) is 1.73. The van der Waals surface area contributed by atoms with Crippen LogP contribution in [0.25, 0.3) is 22.7 Å². The molecule has 3 aromatic rings. The van der Waals surface area contributed by atoms with Crippen LogP contribution in [0.2, 0.25) is 0 Å². The van der Waals surface area contributed by atoms with Crippen molar-refractivity contribution in [1.29, 1.82) is 0 Å². The molecule has 2 fully saturated rings. The highest BCUT2D eigenvalue weighted by Crippen LogP contribution is 2.70. The van der Waals surface area contributed by atoms with Crippen molar-refractivity contribution < 1.29 is 18.3 Å². The van der Waals surface area contributed by atoms with E-state index in [9.17, 15) is 13.6 Å². The van der Waals surface area contributed by atoms with Crippen molar-refractivity contribution in [3.8, 4) is 11.5 Å². The van der Waals surface area contributed by atoms with Crippen LogP contribution >= 0.6 is 0 Å². The molecule has 34 heavy (non-hydrogen) atoms. The average Bonchev–Trinajstić information content (AvgIpc) is 3.24. The first-order valence-electron chi connectivity index (χ1n) is 11.6. The number of hydrogen-bond donors (Lipinski definition) is 2. The number of alkyl halides is 2. The van der Waals surface area contributed by atoms with E-state index in [-0.39, 0.29) is 24.8 Å². The third-order valence-corrected chi connectivity index (χ3v) is 8.01. The summed E-state index contributed by atoms with van der Waals surface area (Å²) in [6, 6.07) is 1.55. The fourth-order valence-corrected chi connectivity index (χ4v) is 5.52. The second-order valence-electron chi connectivity index (χ2n) is 9.87. The van der Waals surface area contributed by atoms with Crippen molar-refractivity contribution in [2.45, 2.75) is 38.7 Å². The van der Waals surface area contributed by atoms with Crippen LogP contribution in [0.15, 0.2) is 12.3 Å². The molecule has 0 radical (unpaired) electrons. The van der Waals surface area contributed by atoms with Crippen LogP contribution in [0.1, 0.15) is 25.1 Å². The molecule has 0 unspecified atom stereocenters. The summed E-state index contributed by atoms with van der Waals surface area (Å²) >= 11 is 0. The third kappa shape index (κ3) is 3.02. The maximum atomic E-state index is 14.3. The molecular weight excluding hydrogens is 444 g/mol. The lowest BCUT2D eigenvalue weighted by atomic mass is 9.87. The Hall–Kier alpha value is -2.92. The average molecular weight is 472 g/mol. The molecule has 1 saturated heterocycles. The van der Waals surface area contributed by atoms with Gasteiger partial charge in [0.1, 0.15) is 5.69 Å². The van der Waals surface area contributed by atoms with E-state index in [1.54, 1.807) is 25.1 Å². The lowest BCUT2D eigenvalue weighted by Crippen LogP contribution is -2.50. The van der Waals surface area contributed by atoms with Crippen LogP contribution in [0, 0.1) is 11.3 Å². The molecule has 180 valence electrons. The minimum atomic E-state index is -2.65. The number of nitrogens with zero attached hydrogens (tertiary/aromatic N) is 5. The smallest absolute Gasteiger partial charge is 0.258 e. The molecule has 0 spiro atoms. The summed E-state index contributed by atoms with van der Waals surface area (Å²) in [6.07, 6.45) is 2.17. The van der Waals surface area contributed by atoms with Gasteiger partial charge in [-0.15, -0.1) is 0 Å². The molecule has 3 atom stereocenters. The summed E-state index contributed by atoms with van der Waals surface area (Å²) in [5, 5.41) is 7.33. The number of imidazole rings is 1. The number of morpholine rings is 1. The van der Waals surface area contributed by atoms with Crippen molar-refractivity contribution in [3.63, 3.8) is 0 Å². The third-order valence-electron chi connectivity index (χ3n) is 8.01. The number of aromatic amines is 2. The Morgan fingerprint density at radius 3 is 2.88 bits per heavy atom. The van der Waals surface area contributed by atoms with Crippen LogP contribution in [0.5, 0.6) is 0 Å². The number of halogens is 2. The normalized spacial score (nSPS) is 26.7. The van der Waals surface area contributed by atoms with Gasteiger partial charge in [0.2, 0.25) is 5.91 Å². The van der Waals surface area contributed by atoms with Gasteiger partial charge in [0.25, 0.3) is 5.92 Å². The quantitative estimate of drug-likeness (QED) is 0.606. The molecule has 6 rings (SSSR count). The van der Waals surface area contributed by atoms with E-state index in [4.69, 9.17) is 4.74 Å². The lowest BCUT2D eigenvalue weighted by molar-refractivity contribution is -0.124. The van der Waals surface area contributed by atoms with Crippen LogP contribution in [-0.2, 0) is 22.4 Å². The predicted molar refractivity (Wildman–Crippen MR) is 121 cm³/mol. The van der Waals surface area contributed by atoms with Gasteiger partial charge < -0.3 is 14.6 Å². The number of anilines is 1. The molecule has 3 aromatic heterocycles.